The number of carbonyl (C=O) groups excluding carboxylic acids is 2. The molecule has 0 radical (unpaired) electrons. The molecule has 100 valence electrons. The van der Waals surface area contributed by atoms with Gasteiger partial charge in [-0.2, -0.15) is 0 Å². The second-order valence-corrected chi connectivity index (χ2v) is 3.92. The van der Waals surface area contributed by atoms with E-state index >= 15 is 0 Å². The summed E-state index contributed by atoms with van der Waals surface area (Å²) in [6.45, 7) is 2.21. The van der Waals surface area contributed by atoms with Crippen molar-refractivity contribution in [3.8, 4) is 0 Å². The van der Waals surface area contributed by atoms with E-state index < -0.39 is 0 Å². The molecule has 1 aromatic rings. The number of anilines is 2. The molecule has 0 aromatic heterocycles. The molecule has 0 fully saturated rings. The zero-order chi connectivity index (χ0) is 13.7. The lowest BCUT2D eigenvalue weighted by Gasteiger charge is -2.15. The molecule has 2 amide bonds. The highest BCUT2D eigenvalue weighted by molar-refractivity contribution is 6.02. The fraction of sp³-hybridized carbons (Fsp3) is 0.231. The van der Waals surface area contributed by atoms with Gasteiger partial charge in [-0.15, -0.1) is 0 Å². The fourth-order valence-corrected chi connectivity index (χ4v) is 1.56. The van der Waals surface area contributed by atoms with Gasteiger partial charge in [-0.3, -0.25) is 9.59 Å². The van der Waals surface area contributed by atoms with Crippen molar-refractivity contribution in [3.05, 3.63) is 36.3 Å². The molecular weight excluding hydrogens is 248 g/mol. The minimum absolute atomic E-state index is 0.135. The lowest BCUT2D eigenvalue weighted by molar-refractivity contribution is -0.117. The summed E-state index contributed by atoms with van der Waals surface area (Å²) in [5, 5.41) is 5.30. The Balaban J connectivity index is 2.04. The number of benzene rings is 1. The third kappa shape index (κ3) is 3.74. The maximum atomic E-state index is 11.8. The Kier molecular flexibility index (Phi) is 4.02. The van der Waals surface area contributed by atoms with Crippen LogP contribution >= 0.6 is 0 Å². The molecule has 6 nitrogen and oxygen atoms in total. The van der Waals surface area contributed by atoms with Crippen molar-refractivity contribution in [2.75, 3.05) is 23.8 Å². The van der Waals surface area contributed by atoms with E-state index in [1.807, 2.05) is 0 Å². The summed E-state index contributed by atoms with van der Waals surface area (Å²) in [5.41, 5.74) is 1.17. The van der Waals surface area contributed by atoms with Crippen molar-refractivity contribution in [2.45, 2.75) is 6.92 Å². The van der Waals surface area contributed by atoms with Crippen LogP contribution < -0.4 is 10.6 Å². The van der Waals surface area contributed by atoms with Crippen molar-refractivity contribution in [3.63, 3.8) is 0 Å². The molecule has 2 N–H and O–H groups in total. The zero-order valence-corrected chi connectivity index (χ0v) is 10.4. The zero-order valence-electron chi connectivity index (χ0n) is 10.4. The van der Waals surface area contributed by atoms with Gasteiger partial charge in [0, 0.05) is 18.3 Å². The summed E-state index contributed by atoms with van der Waals surface area (Å²) in [6, 6.07) is 6.83. The van der Waals surface area contributed by atoms with Crippen LogP contribution in [0.25, 0.3) is 0 Å². The Morgan fingerprint density at radius 2 is 1.89 bits per heavy atom. The van der Waals surface area contributed by atoms with Crippen LogP contribution in [0.4, 0.5) is 11.4 Å². The van der Waals surface area contributed by atoms with E-state index in [-0.39, 0.29) is 17.6 Å². The number of nitrogens with one attached hydrogen (secondary N) is 2. The van der Waals surface area contributed by atoms with Gasteiger partial charge >= 0.3 is 0 Å². The Morgan fingerprint density at radius 1 is 1.16 bits per heavy atom. The van der Waals surface area contributed by atoms with Crippen LogP contribution in [0.1, 0.15) is 6.92 Å². The predicted molar refractivity (Wildman–Crippen MR) is 69.4 cm³/mol. The third-order valence-corrected chi connectivity index (χ3v) is 2.31. The maximum Gasteiger partial charge on any atom is 0.294 e. The first-order valence-electron chi connectivity index (χ1n) is 5.79. The standard InChI is InChI=1S/C13H14N2O4/c1-9(16)14-10-3-2-4-11(7-10)15-13(17)12-8-18-5-6-19-12/h2-4,7-8H,5-6H2,1H3,(H,14,16)(H,15,17). The summed E-state index contributed by atoms with van der Waals surface area (Å²) in [4.78, 5) is 22.8. The number of rotatable bonds is 3. The largest absolute Gasteiger partial charge is 0.494 e. The second-order valence-electron chi connectivity index (χ2n) is 3.92. The molecule has 0 unspecified atom stereocenters. The van der Waals surface area contributed by atoms with Gasteiger partial charge in [-0.1, -0.05) is 6.07 Å². The topological polar surface area (TPSA) is 76.7 Å². The molecule has 0 saturated heterocycles. The number of ether oxygens (including phenoxy) is 2. The molecular formula is C13H14N2O4. The second kappa shape index (κ2) is 5.90. The van der Waals surface area contributed by atoms with Gasteiger partial charge in [0.2, 0.25) is 11.7 Å². The number of hydrogen-bond acceptors (Lipinski definition) is 4. The van der Waals surface area contributed by atoms with Gasteiger partial charge in [0.25, 0.3) is 5.91 Å². The summed E-state index contributed by atoms with van der Waals surface area (Å²) in [5.74, 6) is -0.425. The molecule has 6 heteroatoms. The van der Waals surface area contributed by atoms with E-state index in [0.717, 1.165) is 0 Å². The Labute approximate surface area is 110 Å². The molecule has 0 aliphatic carbocycles. The van der Waals surface area contributed by atoms with Crippen molar-refractivity contribution < 1.29 is 19.1 Å². The molecule has 0 bridgehead atoms. The van der Waals surface area contributed by atoms with Gasteiger partial charge in [0.05, 0.1) is 0 Å². The summed E-state index contributed by atoms with van der Waals surface area (Å²) in [7, 11) is 0. The van der Waals surface area contributed by atoms with Crippen LogP contribution in [0.3, 0.4) is 0 Å². The van der Waals surface area contributed by atoms with Gasteiger partial charge in [-0.25, -0.2) is 0 Å². The first-order valence-corrected chi connectivity index (χ1v) is 5.79. The molecule has 1 aliphatic heterocycles. The number of amides is 2. The molecule has 1 heterocycles. The molecule has 19 heavy (non-hydrogen) atoms. The van der Waals surface area contributed by atoms with Crippen LogP contribution in [-0.2, 0) is 19.1 Å². The molecule has 0 spiro atoms. The highest BCUT2D eigenvalue weighted by Crippen LogP contribution is 2.16. The van der Waals surface area contributed by atoms with E-state index in [0.29, 0.717) is 24.6 Å². The minimum Gasteiger partial charge on any atom is -0.494 e. The molecule has 1 aliphatic rings. The predicted octanol–water partition coefficient (Wildman–Crippen LogP) is 1.47. The van der Waals surface area contributed by atoms with E-state index in [2.05, 4.69) is 10.6 Å². The summed E-state index contributed by atoms with van der Waals surface area (Å²) in [6.07, 6.45) is 1.29. The molecule has 2 rings (SSSR count). The van der Waals surface area contributed by atoms with Gasteiger partial charge in [0.15, 0.2) is 0 Å². The third-order valence-electron chi connectivity index (χ3n) is 2.31. The van der Waals surface area contributed by atoms with E-state index in [4.69, 9.17) is 9.47 Å². The van der Waals surface area contributed by atoms with E-state index in [9.17, 15) is 9.59 Å². The van der Waals surface area contributed by atoms with Crippen molar-refractivity contribution in [2.24, 2.45) is 0 Å². The van der Waals surface area contributed by atoms with Gasteiger partial charge in [-0.05, 0) is 18.2 Å². The number of carbonyl (C=O) groups is 2. The lowest BCUT2D eigenvalue weighted by atomic mass is 10.2. The maximum absolute atomic E-state index is 11.8. The highest BCUT2D eigenvalue weighted by Gasteiger charge is 2.15. The van der Waals surface area contributed by atoms with Gasteiger partial charge < -0.3 is 20.1 Å². The van der Waals surface area contributed by atoms with Crippen molar-refractivity contribution in [1.82, 2.24) is 0 Å². The van der Waals surface area contributed by atoms with Crippen LogP contribution in [0.2, 0.25) is 0 Å². The van der Waals surface area contributed by atoms with Gasteiger partial charge in [0.1, 0.15) is 19.5 Å². The minimum atomic E-state index is -0.389. The monoisotopic (exact) mass is 262 g/mol. The highest BCUT2D eigenvalue weighted by atomic mass is 16.6. The number of hydrogen-bond donors (Lipinski definition) is 2. The normalized spacial score (nSPS) is 13.6. The Morgan fingerprint density at radius 3 is 2.53 bits per heavy atom. The van der Waals surface area contributed by atoms with Crippen LogP contribution in [-0.4, -0.2) is 25.0 Å². The fourth-order valence-electron chi connectivity index (χ4n) is 1.56. The molecule has 0 saturated carbocycles. The van der Waals surface area contributed by atoms with Crippen LogP contribution in [0.5, 0.6) is 0 Å². The van der Waals surface area contributed by atoms with Crippen molar-refractivity contribution in [1.29, 1.82) is 0 Å². The smallest absolute Gasteiger partial charge is 0.294 e. The average molecular weight is 262 g/mol. The SMILES string of the molecule is CC(=O)Nc1cccc(NC(=O)C2=COCCO2)c1. The quantitative estimate of drug-likeness (QED) is 0.864. The molecule has 1 aromatic carbocycles. The van der Waals surface area contributed by atoms with E-state index in [1.54, 1.807) is 24.3 Å². The van der Waals surface area contributed by atoms with Crippen LogP contribution in [0.15, 0.2) is 36.3 Å². The van der Waals surface area contributed by atoms with E-state index in [1.165, 1.54) is 13.2 Å². The van der Waals surface area contributed by atoms with Crippen molar-refractivity contribution >= 4 is 23.2 Å². The lowest BCUT2D eigenvalue weighted by Crippen LogP contribution is -2.21. The Hall–Kier alpha value is -2.50. The average Bonchev–Trinajstić information content (AvgIpc) is 2.39. The summed E-state index contributed by atoms with van der Waals surface area (Å²) < 4.78 is 10.2. The van der Waals surface area contributed by atoms with Crippen LogP contribution in [0, 0.1) is 0 Å². The first-order chi connectivity index (χ1) is 9.15. The summed E-state index contributed by atoms with van der Waals surface area (Å²) >= 11 is 0. The molecule has 0 atom stereocenters. The first kappa shape index (κ1) is 12.9. The Bertz CT molecular complexity index is 525.